The number of thiazole rings is 1. The zero-order valence-electron chi connectivity index (χ0n) is 24.9. The molecule has 1 aromatic carbocycles. The van der Waals surface area contributed by atoms with Crippen molar-refractivity contribution in [1.29, 1.82) is 0 Å². The van der Waals surface area contributed by atoms with Gasteiger partial charge in [0, 0.05) is 39.0 Å². The van der Waals surface area contributed by atoms with Crippen LogP contribution in [0.25, 0.3) is 0 Å². The summed E-state index contributed by atoms with van der Waals surface area (Å²) in [6, 6.07) is 6.30. The molecule has 0 radical (unpaired) electrons. The minimum absolute atomic E-state index is 0.0677. The summed E-state index contributed by atoms with van der Waals surface area (Å²) in [5.74, 6) is 0.782. The van der Waals surface area contributed by atoms with Crippen molar-refractivity contribution >= 4 is 34.2 Å². The lowest BCUT2D eigenvalue weighted by Gasteiger charge is -2.43. The smallest absolute Gasteiger partial charge is 0.321 e. The number of piperidine rings is 2. The van der Waals surface area contributed by atoms with E-state index >= 15 is 0 Å². The van der Waals surface area contributed by atoms with Crippen molar-refractivity contribution < 1.29 is 18.8 Å². The first-order valence-corrected chi connectivity index (χ1v) is 16.4. The van der Waals surface area contributed by atoms with E-state index in [2.05, 4.69) is 20.5 Å². The lowest BCUT2D eigenvalue weighted by Crippen LogP contribution is -2.58. The van der Waals surface area contributed by atoms with E-state index in [1.165, 1.54) is 42.4 Å². The fraction of sp³-hybridized carbons (Fsp3) is 0.625. The number of ketones is 1. The van der Waals surface area contributed by atoms with Crippen LogP contribution in [0.1, 0.15) is 79.2 Å². The minimum Gasteiger partial charge on any atom is -0.340 e. The van der Waals surface area contributed by atoms with Gasteiger partial charge in [-0.1, -0.05) is 42.7 Å². The van der Waals surface area contributed by atoms with Crippen molar-refractivity contribution in [2.24, 2.45) is 17.8 Å². The monoisotopic (exact) mass is 597 g/mol. The Morgan fingerprint density at radius 1 is 1.00 bits per heavy atom. The number of urea groups is 1. The van der Waals surface area contributed by atoms with E-state index < -0.39 is 0 Å². The Hall–Kier alpha value is -2.85. The lowest BCUT2D eigenvalue weighted by molar-refractivity contribution is -0.138. The van der Waals surface area contributed by atoms with Gasteiger partial charge in [0.15, 0.2) is 10.9 Å². The molecule has 1 saturated carbocycles. The molecule has 10 heteroatoms. The van der Waals surface area contributed by atoms with E-state index in [0.29, 0.717) is 28.2 Å². The van der Waals surface area contributed by atoms with Gasteiger partial charge >= 0.3 is 6.03 Å². The summed E-state index contributed by atoms with van der Waals surface area (Å²) in [5, 5.41) is 6.42. The molecule has 0 spiro atoms. The van der Waals surface area contributed by atoms with Crippen LogP contribution in [-0.2, 0) is 11.2 Å². The summed E-state index contributed by atoms with van der Waals surface area (Å²) < 4.78 is 13.4. The third kappa shape index (κ3) is 7.95. The highest BCUT2D eigenvalue weighted by atomic mass is 32.1. The number of benzene rings is 1. The van der Waals surface area contributed by atoms with Gasteiger partial charge in [0.2, 0.25) is 5.91 Å². The van der Waals surface area contributed by atoms with Crippen LogP contribution < -0.4 is 10.6 Å². The van der Waals surface area contributed by atoms with Gasteiger partial charge in [-0.05, 0) is 81.5 Å². The maximum absolute atomic E-state index is 13.4. The van der Waals surface area contributed by atoms with Crippen LogP contribution in [0.5, 0.6) is 0 Å². The van der Waals surface area contributed by atoms with E-state index in [1.807, 2.05) is 17.0 Å². The van der Waals surface area contributed by atoms with E-state index in [0.717, 1.165) is 77.5 Å². The summed E-state index contributed by atoms with van der Waals surface area (Å²) in [7, 11) is 0. The number of nitrogens with zero attached hydrogens (tertiary/aromatic N) is 3. The summed E-state index contributed by atoms with van der Waals surface area (Å²) in [4.78, 5) is 47.9. The minimum atomic E-state index is -0.353. The molecule has 3 aliphatic rings. The number of likely N-dealkylation sites (tertiary alicyclic amines) is 2. The number of Topliss-reactive ketones (excluding diaryl/α,β-unsaturated/α-hetero) is 1. The Morgan fingerprint density at radius 2 is 1.76 bits per heavy atom. The summed E-state index contributed by atoms with van der Waals surface area (Å²) >= 11 is 1.19. The van der Waals surface area contributed by atoms with E-state index in [1.54, 1.807) is 6.92 Å². The number of rotatable bonds is 8. The highest BCUT2D eigenvalue weighted by molar-refractivity contribution is 7.17. The van der Waals surface area contributed by atoms with Crippen molar-refractivity contribution in [3.8, 4) is 0 Å². The molecule has 1 aliphatic carbocycles. The highest BCUT2D eigenvalue weighted by Gasteiger charge is 2.36. The summed E-state index contributed by atoms with van der Waals surface area (Å²) in [6.07, 6.45) is 9.40. The fourth-order valence-corrected chi connectivity index (χ4v) is 7.89. The molecule has 5 rings (SSSR count). The van der Waals surface area contributed by atoms with Gasteiger partial charge in [0.1, 0.15) is 5.82 Å². The number of amides is 3. The third-order valence-electron chi connectivity index (χ3n) is 9.21. The number of hydrogen-bond donors (Lipinski definition) is 2. The van der Waals surface area contributed by atoms with Crippen molar-refractivity contribution in [3.63, 3.8) is 0 Å². The largest absolute Gasteiger partial charge is 0.340 e. The van der Waals surface area contributed by atoms with Crippen molar-refractivity contribution in [3.05, 3.63) is 46.2 Å². The average Bonchev–Trinajstić information content (AvgIpc) is 3.35. The standard InChI is InChI=1S/C32H44FN5O3S/c1-21-29(22(2)39)42-32(34-21)36-31(41)35-28-20-38(30(40)25-8-4-3-5-9-25)16-14-26(28)19-37-15-6-7-24(18-37)17-23-10-12-27(33)13-11-23/h10-13,24-26,28H,3-9,14-20H2,1-2H3,(H2,34,35,36,41)/t24-,26-,28-/m0/s1. The first-order chi connectivity index (χ1) is 20.2. The molecule has 0 unspecified atom stereocenters. The quantitative estimate of drug-likeness (QED) is 0.383. The zero-order valence-corrected chi connectivity index (χ0v) is 25.7. The number of anilines is 1. The molecular weight excluding hydrogens is 553 g/mol. The molecule has 3 amide bonds. The van der Waals surface area contributed by atoms with Gasteiger partial charge in [0.05, 0.1) is 16.6 Å². The van der Waals surface area contributed by atoms with Crippen LogP contribution >= 0.6 is 11.3 Å². The van der Waals surface area contributed by atoms with Gasteiger partial charge in [-0.25, -0.2) is 14.2 Å². The molecule has 2 aliphatic heterocycles. The zero-order chi connectivity index (χ0) is 29.6. The molecule has 2 N–H and O–H groups in total. The third-order valence-corrected chi connectivity index (χ3v) is 10.4. The maximum atomic E-state index is 13.4. The summed E-state index contributed by atoms with van der Waals surface area (Å²) in [6.45, 7) is 7.36. The van der Waals surface area contributed by atoms with E-state index in [9.17, 15) is 18.8 Å². The Balaban J connectivity index is 1.24. The molecule has 1 aromatic heterocycles. The number of carbonyl (C=O) groups is 3. The Kier molecular flexibility index (Phi) is 10.3. The predicted molar refractivity (Wildman–Crippen MR) is 163 cm³/mol. The van der Waals surface area contributed by atoms with Crippen molar-refractivity contribution in [1.82, 2.24) is 20.1 Å². The van der Waals surface area contributed by atoms with Gasteiger partial charge < -0.3 is 15.1 Å². The number of nitrogens with one attached hydrogen (secondary N) is 2. The number of halogens is 1. The van der Waals surface area contributed by atoms with Gasteiger partial charge in [0.25, 0.3) is 0 Å². The summed E-state index contributed by atoms with van der Waals surface area (Å²) in [5.41, 5.74) is 1.78. The Bertz CT molecular complexity index is 1250. The second-order valence-electron chi connectivity index (χ2n) is 12.5. The number of hydrogen-bond acceptors (Lipinski definition) is 6. The Morgan fingerprint density at radius 3 is 2.48 bits per heavy atom. The molecule has 2 saturated heterocycles. The molecule has 3 heterocycles. The predicted octanol–water partition coefficient (Wildman–Crippen LogP) is 5.67. The second kappa shape index (κ2) is 14.1. The lowest BCUT2D eigenvalue weighted by atomic mass is 9.85. The van der Waals surface area contributed by atoms with Crippen LogP contribution in [0, 0.1) is 30.5 Å². The van der Waals surface area contributed by atoms with Crippen molar-refractivity contribution in [2.75, 3.05) is 38.0 Å². The highest BCUT2D eigenvalue weighted by Crippen LogP contribution is 2.30. The normalized spacial score (nSPS) is 23.9. The number of aryl methyl sites for hydroxylation is 1. The number of aromatic nitrogens is 1. The van der Waals surface area contributed by atoms with Gasteiger partial charge in [-0.2, -0.15) is 0 Å². The van der Waals surface area contributed by atoms with E-state index in [4.69, 9.17) is 0 Å². The van der Waals surface area contributed by atoms with Crippen LogP contribution in [0.3, 0.4) is 0 Å². The second-order valence-corrected chi connectivity index (χ2v) is 13.5. The topological polar surface area (TPSA) is 94.6 Å². The van der Waals surface area contributed by atoms with Crippen LogP contribution in [0.2, 0.25) is 0 Å². The Labute approximate surface area is 252 Å². The van der Waals surface area contributed by atoms with Crippen LogP contribution in [-0.4, -0.2) is 71.3 Å². The molecular formula is C32H44FN5O3S. The first-order valence-electron chi connectivity index (χ1n) is 15.6. The maximum Gasteiger partial charge on any atom is 0.321 e. The van der Waals surface area contributed by atoms with E-state index in [-0.39, 0.29) is 41.4 Å². The van der Waals surface area contributed by atoms with Crippen LogP contribution in [0.15, 0.2) is 24.3 Å². The van der Waals surface area contributed by atoms with Crippen molar-refractivity contribution in [2.45, 2.75) is 77.7 Å². The molecule has 42 heavy (non-hydrogen) atoms. The molecule has 8 nitrogen and oxygen atoms in total. The molecule has 2 aromatic rings. The molecule has 228 valence electrons. The van der Waals surface area contributed by atoms with Crippen LogP contribution in [0.4, 0.5) is 14.3 Å². The molecule has 3 fully saturated rings. The van der Waals surface area contributed by atoms with Gasteiger partial charge in [-0.15, -0.1) is 0 Å². The van der Waals surface area contributed by atoms with Gasteiger partial charge in [-0.3, -0.25) is 14.9 Å². The average molecular weight is 598 g/mol. The fourth-order valence-electron chi connectivity index (χ4n) is 7.04. The SMILES string of the molecule is CC(=O)c1sc(NC(=O)N[C@H]2CN(C(=O)C3CCCCC3)CC[C@H]2CN2CCC[C@@H](Cc3ccc(F)cc3)C2)nc1C. The molecule has 3 atom stereocenters. The first kappa shape index (κ1) is 30.6. The molecule has 0 bridgehead atoms. The number of carbonyl (C=O) groups excluding carboxylic acids is 3.